The van der Waals surface area contributed by atoms with Crippen LogP contribution in [0.5, 0.6) is 0 Å². The van der Waals surface area contributed by atoms with Gasteiger partial charge in [-0.15, -0.1) is 0 Å². The van der Waals surface area contributed by atoms with E-state index in [9.17, 15) is 9.90 Å². The summed E-state index contributed by atoms with van der Waals surface area (Å²) in [4.78, 5) is 27.5. The Morgan fingerprint density at radius 1 is 1.27 bits per heavy atom. The zero-order valence-corrected chi connectivity index (χ0v) is 17.8. The van der Waals surface area contributed by atoms with Crippen LogP contribution >= 0.6 is 0 Å². The summed E-state index contributed by atoms with van der Waals surface area (Å²) < 4.78 is 0. The smallest absolute Gasteiger partial charge is 0.224 e. The Labute approximate surface area is 177 Å². The summed E-state index contributed by atoms with van der Waals surface area (Å²) in [5.41, 5.74) is 0.904. The summed E-state index contributed by atoms with van der Waals surface area (Å²) in [5.74, 6) is 1.45. The third-order valence-corrected chi connectivity index (χ3v) is 7.79. The molecule has 3 atom stereocenters. The van der Waals surface area contributed by atoms with Gasteiger partial charge in [0, 0.05) is 25.2 Å². The van der Waals surface area contributed by atoms with Gasteiger partial charge in [-0.2, -0.15) is 0 Å². The van der Waals surface area contributed by atoms with Gasteiger partial charge in [0.15, 0.2) is 0 Å². The highest BCUT2D eigenvalue weighted by molar-refractivity contribution is 5.87. The van der Waals surface area contributed by atoms with Crippen molar-refractivity contribution in [3.05, 3.63) is 18.6 Å². The number of aliphatic hydroxyl groups excluding tert-OH is 1. The summed E-state index contributed by atoms with van der Waals surface area (Å²) in [6.45, 7) is 3.65. The molecule has 3 aliphatic rings. The van der Waals surface area contributed by atoms with Crippen LogP contribution in [-0.2, 0) is 4.79 Å². The van der Waals surface area contributed by atoms with E-state index < -0.39 is 6.10 Å². The molecule has 1 spiro atoms. The molecule has 30 heavy (non-hydrogen) atoms. The molecule has 3 N–H and O–H groups in total. The van der Waals surface area contributed by atoms with E-state index in [1.165, 1.54) is 19.3 Å². The fourth-order valence-corrected chi connectivity index (χ4v) is 5.82. The number of hydrogen-bond donors (Lipinski definition) is 3. The number of aromatic nitrogens is 3. The van der Waals surface area contributed by atoms with Gasteiger partial charge < -0.3 is 20.3 Å². The van der Waals surface area contributed by atoms with E-state index in [2.05, 4.69) is 25.2 Å². The summed E-state index contributed by atoms with van der Waals surface area (Å²) >= 11 is 0. The number of H-pyrrole nitrogens is 1. The Balaban J connectivity index is 1.24. The van der Waals surface area contributed by atoms with Crippen LogP contribution < -0.4 is 10.2 Å². The molecular formula is C23H33N5O2. The lowest BCUT2D eigenvalue weighted by atomic mass is 9.80. The van der Waals surface area contributed by atoms with Crippen molar-refractivity contribution in [2.24, 2.45) is 17.3 Å². The minimum absolute atomic E-state index is 0.0262. The predicted molar refractivity (Wildman–Crippen MR) is 116 cm³/mol. The predicted octanol–water partition coefficient (Wildman–Crippen LogP) is 3.01. The van der Waals surface area contributed by atoms with E-state index in [0.29, 0.717) is 5.92 Å². The fraction of sp³-hybridized carbons (Fsp3) is 0.696. The fourth-order valence-electron chi connectivity index (χ4n) is 5.82. The number of anilines is 1. The molecule has 3 heterocycles. The van der Waals surface area contributed by atoms with Crippen molar-refractivity contribution in [3.63, 3.8) is 0 Å². The third kappa shape index (κ3) is 3.57. The number of amides is 1. The molecule has 1 amide bonds. The number of rotatable bonds is 5. The van der Waals surface area contributed by atoms with E-state index in [1.54, 1.807) is 6.33 Å². The Morgan fingerprint density at radius 2 is 2.07 bits per heavy atom. The Morgan fingerprint density at radius 3 is 2.83 bits per heavy atom. The van der Waals surface area contributed by atoms with Crippen molar-refractivity contribution in [1.82, 2.24) is 20.3 Å². The van der Waals surface area contributed by atoms with Crippen molar-refractivity contribution >= 4 is 22.8 Å². The maximum absolute atomic E-state index is 13.2. The van der Waals surface area contributed by atoms with Crippen molar-refractivity contribution < 1.29 is 9.90 Å². The first kappa shape index (κ1) is 19.8. The monoisotopic (exact) mass is 411 g/mol. The molecule has 0 aromatic carbocycles. The number of carbonyl (C=O) groups excluding carboxylic acids is 1. The first-order chi connectivity index (χ1) is 14.6. The Bertz CT molecular complexity index is 902. The van der Waals surface area contributed by atoms with Crippen LogP contribution in [0.3, 0.4) is 0 Å². The summed E-state index contributed by atoms with van der Waals surface area (Å²) in [6, 6.07) is 1.84. The zero-order valence-electron chi connectivity index (χ0n) is 17.8. The Kier molecular flexibility index (Phi) is 5.17. The standard InChI is InChI=1S/C23H33N5O2/c1-15(19(29)16-5-3-2-4-6-16)27-22(30)18-8-12-28(13-23(18)9-10-23)21-17-7-11-24-20(17)25-14-26-21/h7,11,14-16,18-19,29H,2-6,8-10,12-13H2,1H3,(H,27,30)(H,24,25,26)/t15?,18-,19?/m1/s1. The van der Waals surface area contributed by atoms with E-state index >= 15 is 0 Å². The number of aliphatic hydroxyl groups is 1. The minimum atomic E-state index is -0.438. The molecule has 1 aliphatic heterocycles. The van der Waals surface area contributed by atoms with Gasteiger partial charge in [-0.25, -0.2) is 9.97 Å². The first-order valence-corrected chi connectivity index (χ1v) is 11.6. The number of hydrogen-bond acceptors (Lipinski definition) is 5. The lowest BCUT2D eigenvalue weighted by molar-refractivity contribution is -0.129. The second-order valence-corrected chi connectivity index (χ2v) is 9.75. The molecule has 5 rings (SSSR count). The summed E-state index contributed by atoms with van der Waals surface area (Å²) in [6.07, 6.45) is 11.9. The van der Waals surface area contributed by atoms with Crippen LogP contribution in [0, 0.1) is 17.3 Å². The summed E-state index contributed by atoms with van der Waals surface area (Å²) in [7, 11) is 0. The second kappa shape index (κ2) is 7.84. The molecule has 3 fully saturated rings. The van der Waals surface area contributed by atoms with E-state index in [0.717, 1.165) is 62.0 Å². The number of aromatic amines is 1. The minimum Gasteiger partial charge on any atom is -0.391 e. The van der Waals surface area contributed by atoms with E-state index in [1.807, 2.05) is 19.2 Å². The molecule has 2 unspecified atom stereocenters. The largest absolute Gasteiger partial charge is 0.391 e. The molecule has 2 aliphatic carbocycles. The van der Waals surface area contributed by atoms with Gasteiger partial charge in [0.1, 0.15) is 17.8 Å². The van der Waals surface area contributed by atoms with Crippen LogP contribution in [0.15, 0.2) is 18.6 Å². The summed E-state index contributed by atoms with van der Waals surface area (Å²) in [5, 5.41) is 15.0. The third-order valence-electron chi connectivity index (χ3n) is 7.79. The van der Waals surface area contributed by atoms with Gasteiger partial charge in [0.2, 0.25) is 5.91 Å². The molecule has 7 heteroatoms. The average molecular weight is 412 g/mol. The van der Waals surface area contributed by atoms with E-state index in [4.69, 9.17) is 0 Å². The normalized spacial score (nSPS) is 25.9. The number of piperidine rings is 1. The SMILES string of the molecule is CC(NC(=O)[C@H]1CCN(c2ncnc3[nH]ccc23)CC12CC2)C(O)C1CCCCC1. The van der Waals surface area contributed by atoms with Crippen molar-refractivity contribution in [1.29, 1.82) is 0 Å². The lowest BCUT2D eigenvalue weighted by Crippen LogP contribution is -2.52. The average Bonchev–Trinajstić information content (AvgIpc) is 3.34. The maximum Gasteiger partial charge on any atom is 0.224 e. The highest BCUT2D eigenvalue weighted by Gasteiger charge is 2.55. The van der Waals surface area contributed by atoms with Gasteiger partial charge in [-0.05, 0) is 56.4 Å². The number of nitrogens with zero attached hydrogens (tertiary/aromatic N) is 3. The van der Waals surface area contributed by atoms with Gasteiger partial charge in [-0.3, -0.25) is 4.79 Å². The number of nitrogens with one attached hydrogen (secondary N) is 2. The van der Waals surface area contributed by atoms with Crippen molar-refractivity contribution in [3.8, 4) is 0 Å². The zero-order chi connectivity index (χ0) is 20.7. The second-order valence-electron chi connectivity index (χ2n) is 9.75. The van der Waals surface area contributed by atoms with Crippen LogP contribution in [-0.4, -0.2) is 51.2 Å². The number of carbonyl (C=O) groups is 1. The maximum atomic E-state index is 13.2. The Hall–Kier alpha value is -2.15. The molecule has 2 saturated carbocycles. The van der Waals surface area contributed by atoms with Crippen LogP contribution in [0.25, 0.3) is 11.0 Å². The molecule has 2 aromatic heterocycles. The molecule has 0 bridgehead atoms. The van der Waals surface area contributed by atoms with Crippen molar-refractivity contribution in [2.45, 2.75) is 70.4 Å². The molecule has 162 valence electrons. The van der Waals surface area contributed by atoms with Gasteiger partial charge in [0.25, 0.3) is 0 Å². The first-order valence-electron chi connectivity index (χ1n) is 11.6. The molecular weight excluding hydrogens is 378 g/mol. The molecule has 2 aromatic rings. The number of fused-ring (bicyclic) bond motifs is 1. The molecule has 0 radical (unpaired) electrons. The van der Waals surface area contributed by atoms with Gasteiger partial charge >= 0.3 is 0 Å². The quantitative estimate of drug-likeness (QED) is 0.703. The van der Waals surface area contributed by atoms with Crippen LogP contribution in [0.4, 0.5) is 5.82 Å². The van der Waals surface area contributed by atoms with E-state index in [-0.39, 0.29) is 23.3 Å². The van der Waals surface area contributed by atoms with Crippen molar-refractivity contribution in [2.75, 3.05) is 18.0 Å². The topological polar surface area (TPSA) is 94.1 Å². The lowest BCUT2D eigenvalue weighted by Gasteiger charge is -2.40. The molecule has 1 saturated heterocycles. The molecule has 7 nitrogen and oxygen atoms in total. The highest BCUT2D eigenvalue weighted by atomic mass is 16.3. The highest BCUT2D eigenvalue weighted by Crippen LogP contribution is 2.56. The van der Waals surface area contributed by atoms with Gasteiger partial charge in [-0.1, -0.05) is 19.3 Å². The van der Waals surface area contributed by atoms with Crippen LogP contribution in [0.1, 0.15) is 58.3 Å². The van der Waals surface area contributed by atoms with Gasteiger partial charge in [0.05, 0.1) is 17.5 Å². The van der Waals surface area contributed by atoms with Crippen LogP contribution in [0.2, 0.25) is 0 Å².